The highest BCUT2D eigenvalue weighted by atomic mass is 16.6. The first-order valence-corrected chi connectivity index (χ1v) is 6.63. The van der Waals surface area contributed by atoms with Gasteiger partial charge in [-0.05, 0) is 19.1 Å². The van der Waals surface area contributed by atoms with Gasteiger partial charge in [0.25, 0.3) is 11.8 Å². The minimum absolute atomic E-state index is 0.134. The molecule has 1 aromatic carbocycles. The number of nitrogens with one attached hydrogen (secondary N) is 1. The molecule has 0 radical (unpaired) electrons. The Morgan fingerprint density at radius 1 is 1.41 bits per heavy atom. The average Bonchev–Trinajstić information content (AvgIpc) is 2.91. The fourth-order valence-electron chi connectivity index (χ4n) is 1.98. The van der Waals surface area contributed by atoms with Crippen LogP contribution in [0.3, 0.4) is 0 Å². The van der Waals surface area contributed by atoms with E-state index in [9.17, 15) is 9.59 Å². The van der Waals surface area contributed by atoms with Gasteiger partial charge in [0.15, 0.2) is 18.5 Å². The number of anilines is 1. The van der Waals surface area contributed by atoms with Gasteiger partial charge >= 0.3 is 5.97 Å². The summed E-state index contributed by atoms with van der Waals surface area (Å²) in [6, 6.07) is 7.00. The Bertz CT molecular complexity index is 712. The van der Waals surface area contributed by atoms with Crippen molar-refractivity contribution in [3.8, 4) is 5.75 Å². The summed E-state index contributed by atoms with van der Waals surface area (Å²) in [5, 5.41) is 6.26. The van der Waals surface area contributed by atoms with Crippen molar-refractivity contribution in [2.75, 3.05) is 5.32 Å². The molecule has 0 spiro atoms. The molecule has 1 aliphatic heterocycles. The summed E-state index contributed by atoms with van der Waals surface area (Å²) in [6.45, 7) is 1.52. The van der Waals surface area contributed by atoms with Gasteiger partial charge in [-0.2, -0.15) is 4.98 Å². The molecule has 0 fully saturated rings. The molecule has 1 N–H and O–H groups in total. The Morgan fingerprint density at radius 2 is 2.23 bits per heavy atom. The van der Waals surface area contributed by atoms with Crippen molar-refractivity contribution < 1.29 is 23.6 Å². The molecule has 1 aliphatic rings. The predicted octanol–water partition coefficient (Wildman–Crippen LogP) is 1.21. The molecule has 22 heavy (non-hydrogen) atoms. The molecule has 114 valence electrons. The highest BCUT2D eigenvalue weighted by Crippen LogP contribution is 2.29. The zero-order chi connectivity index (χ0) is 15.5. The largest absolute Gasteiger partial charge is 0.478 e. The molecule has 2 heterocycles. The zero-order valence-electron chi connectivity index (χ0n) is 11.7. The van der Waals surface area contributed by atoms with Crippen molar-refractivity contribution in [3.63, 3.8) is 0 Å². The number of hydrogen-bond donors (Lipinski definition) is 1. The summed E-state index contributed by atoms with van der Waals surface area (Å²) in [5.41, 5.74) is 0.582. The third-order valence-corrected chi connectivity index (χ3v) is 2.98. The maximum atomic E-state index is 11.9. The van der Waals surface area contributed by atoms with Crippen LogP contribution in [0.15, 0.2) is 28.8 Å². The number of rotatable bonds is 4. The van der Waals surface area contributed by atoms with E-state index in [4.69, 9.17) is 14.0 Å². The Balaban J connectivity index is 1.56. The molecule has 0 aliphatic carbocycles. The Hall–Kier alpha value is -2.90. The third-order valence-electron chi connectivity index (χ3n) is 2.98. The number of amides is 1. The second-order valence-corrected chi connectivity index (χ2v) is 4.69. The number of fused-ring (bicyclic) bond motifs is 1. The second-order valence-electron chi connectivity index (χ2n) is 4.69. The summed E-state index contributed by atoms with van der Waals surface area (Å²) in [4.78, 5) is 27.6. The van der Waals surface area contributed by atoms with Gasteiger partial charge in [-0.1, -0.05) is 17.3 Å². The highest BCUT2D eigenvalue weighted by Gasteiger charge is 2.30. The van der Waals surface area contributed by atoms with Crippen LogP contribution in [0.2, 0.25) is 0 Å². The number of benzene rings is 1. The highest BCUT2D eigenvalue weighted by molar-refractivity contribution is 5.99. The first-order chi connectivity index (χ1) is 10.6. The number of para-hydroxylation sites is 2. The topological polar surface area (TPSA) is 104 Å². The predicted molar refractivity (Wildman–Crippen MR) is 72.9 cm³/mol. The molecule has 1 unspecified atom stereocenters. The van der Waals surface area contributed by atoms with Crippen LogP contribution in [0.4, 0.5) is 5.69 Å². The molecule has 1 aromatic heterocycles. The Morgan fingerprint density at radius 3 is 3.00 bits per heavy atom. The Labute approximate surface area is 125 Å². The van der Waals surface area contributed by atoms with Crippen molar-refractivity contribution in [2.24, 2.45) is 0 Å². The van der Waals surface area contributed by atoms with E-state index in [-0.39, 0.29) is 24.8 Å². The van der Waals surface area contributed by atoms with Crippen molar-refractivity contribution in [2.45, 2.75) is 26.1 Å². The maximum Gasteiger partial charge on any atom is 0.310 e. The lowest BCUT2D eigenvalue weighted by atomic mass is 10.1. The smallest absolute Gasteiger partial charge is 0.310 e. The van der Waals surface area contributed by atoms with E-state index in [0.717, 1.165) is 0 Å². The first kappa shape index (κ1) is 14.1. The molecule has 0 saturated carbocycles. The molecule has 3 rings (SSSR count). The van der Waals surface area contributed by atoms with E-state index >= 15 is 0 Å². The number of esters is 1. The van der Waals surface area contributed by atoms with Crippen LogP contribution < -0.4 is 10.1 Å². The lowest BCUT2D eigenvalue weighted by molar-refractivity contribution is -0.149. The summed E-state index contributed by atoms with van der Waals surface area (Å²) in [6.07, 6.45) is -1.13. The fourth-order valence-corrected chi connectivity index (χ4v) is 1.98. The number of carbonyl (C=O) groups is 2. The molecule has 8 heteroatoms. The van der Waals surface area contributed by atoms with Crippen molar-refractivity contribution in [3.05, 3.63) is 36.0 Å². The van der Waals surface area contributed by atoms with Gasteiger partial charge in [0.1, 0.15) is 5.75 Å². The van der Waals surface area contributed by atoms with Crippen LogP contribution in [0.1, 0.15) is 18.1 Å². The normalized spacial score (nSPS) is 16.4. The van der Waals surface area contributed by atoms with E-state index in [1.54, 1.807) is 31.2 Å². The van der Waals surface area contributed by atoms with Gasteiger partial charge in [-0.3, -0.25) is 9.59 Å². The van der Waals surface area contributed by atoms with Crippen molar-refractivity contribution >= 4 is 17.6 Å². The summed E-state index contributed by atoms with van der Waals surface area (Å²) in [7, 11) is 0. The lowest BCUT2D eigenvalue weighted by Gasteiger charge is -2.24. The van der Waals surface area contributed by atoms with Gasteiger partial charge in [0.2, 0.25) is 0 Å². The lowest BCUT2D eigenvalue weighted by Crippen LogP contribution is -2.38. The number of hydrogen-bond acceptors (Lipinski definition) is 7. The van der Waals surface area contributed by atoms with E-state index < -0.39 is 12.1 Å². The van der Waals surface area contributed by atoms with E-state index in [2.05, 4.69) is 15.5 Å². The van der Waals surface area contributed by atoms with Crippen LogP contribution in [0, 0.1) is 6.92 Å². The van der Waals surface area contributed by atoms with E-state index in [0.29, 0.717) is 17.3 Å². The fraction of sp³-hybridized carbons (Fsp3) is 0.286. The quantitative estimate of drug-likeness (QED) is 0.846. The van der Waals surface area contributed by atoms with E-state index in [1.165, 1.54) is 0 Å². The average molecular weight is 303 g/mol. The maximum absolute atomic E-state index is 11.9. The molecule has 1 amide bonds. The number of aryl methyl sites for hydroxylation is 1. The van der Waals surface area contributed by atoms with Crippen molar-refractivity contribution in [1.29, 1.82) is 0 Å². The van der Waals surface area contributed by atoms with Crippen LogP contribution >= 0.6 is 0 Å². The molecule has 2 aromatic rings. The number of carbonyl (C=O) groups excluding carboxylic acids is 2. The number of nitrogens with zero attached hydrogens (tertiary/aromatic N) is 2. The molecule has 0 bridgehead atoms. The molecule has 0 saturated heterocycles. The monoisotopic (exact) mass is 303 g/mol. The van der Waals surface area contributed by atoms with Crippen LogP contribution in [0.25, 0.3) is 0 Å². The molecule has 1 atom stereocenters. The third kappa shape index (κ3) is 3.05. The summed E-state index contributed by atoms with van der Waals surface area (Å²) >= 11 is 0. The minimum Gasteiger partial charge on any atom is -0.478 e. The molecule has 8 nitrogen and oxygen atoms in total. The first-order valence-electron chi connectivity index (χ1n) is 6.63. The summed E-state index contributed by atoms with van der Waals surface area (Å²) < 4.78 is 15.3. The standard InChI is InChI=1S/C14H13N3O5/c1-8-15-12(22-17-8)7-20-13(18)6-11-14(19)16-9-4-2-3-5-10(9)21-11/h2-5,11H,6-7H2,1H3,(H,16,19). The van der Waals surface area contributed by atoms with Crippen molar-refractivity contribution in [1.82, 2.24) is 10.1 Å². The zero-order valence-corrected chi connectivity index (χ0v) is 11.7. The minimum atomic E-state index is -0.924. The van der Waals surface area contributed by atoms with Gasteiger partial charge in [-0.15, -0.1) is 0 Å². The van der Waals surface area contributed by atoms with Crippen LogP contribution in [0.5, 0.6) is 5.75 Å². The Kier molecular flexibility index (Phi) is 3.73. The van der Waals surface area contributed by atoms with Gasteiger partial charge in [0, 0.05) is 0 Å². The summed E-state index contributed by atoms with van der Waals surface area (Å²) in [5.74, 6) is 0.204. The van der Waals surface area contributed by atoms with E-state index in [1.807, 2.05) is 0 Å². The molecular formula is C14H13N3O5. The van der Waals surface area contributed by atoms with Crippen LogP contribution in [-0.2, 0) is 20.9 Å². The molecular weight excluding hydrogens is 290 g/mol. The SMILES string of the molecule is Cc1noc(COC(=O)CC2Oc3ccccc3NC2=O)n1. The van der Waals surface area contributed by atoms with Crippen LogP contribution in [-0.4, -0.2) is 28.1 Å². The van der Waals surface area contributed by atoms with Gasteiger partial charge < -0.3 is 19.3 Å². The number of ether oxygens (including phenoxy) is 2. The van der Waals surface area contributed by atoms with Gasteiger partial charge in [0.05, 0.1) is 12.1 Å². The number of aromatic nitrogens is 2. The second kappa shape index (κ2) is 5.84. The van der Waals surface area contributed by atoms with Gasteiger partial charge in [-0.25, -0.2) is 0 Å².